The van der Waals surface area contributed by atoms with Crippen molar-refractivity contribution in [1.82, 2.24) is 9.62 Å². The first kappa shape index (κ1) is 18.6. The van der Waals surface area contributed by atoms with Gasteiger partial charge < -0.3 is 5.32 Å². The second kappa shape index (κ2) is 9.58. The molecule has 0 bridgehead atoms. The Bertz CT molecular complexity index is 544. The molecule has 1 amide bonds. The van der Waals surface area contributed by atoms with Gasteiger partial charge in [-0.2, -0.15) is 0 Å². The van der Waals surface area contributed by atoms with Crippen LogP contribution in [-0.2, 0) is 21.2 Å². The highest BCUT2D eigenvalue weighted by Crippen LogP contribution is 2.03. The summed E-state index contributed by atoms with van der Waals surface area (Å²) in [5, 5.41) is 2.78. The van der Waals surface area contributed by atoms with Gasteiger partial charge in [0.15, 0.2) is 0 Å². The maximum absolute atomic E-state index is 11.8. The van der Waals surface area contributed by atoms with E-state index < -0.39 is 10.0 Å². The third kappa shape index (κ3) is 7.56. The maximum atomic E-state index is 11.8. The number of rotatable bonds is 10. The number of carbonyl (C=O) groups is 1. The van der Waals surface area contributed by atoms with Gasteiger partial charge in [0.1, 0.15) is 0 Å². The summed E-state index contributed by atoms with van der Waals surface area (Å²) in [6.45, 7) is 3.25. The van der Waals surface area contributed by atoms with Gasteiger partial charge in [0.05, 0.1) is 12.7 Å². The molecule has 0 aliphatic carbocycles. The first-order valence-corrected chi connectivity index (χ1v) is 9.54. The van der Waals surface area contributed by atoms with Crippen LogP contribution < -0.4 is 5.32 Å². The summed E-state index contributed by atoms with van der Waals surface area (Å²) >= 11 is 0. The minimum absolute atomic E-state index is 0.0896. The molecule has 0 aliphatic heterocycles. The number of hydrogen-bond donors (Lipinski definition) is 1. The van der Waals surface area contributed by atoms with E-state index >= 15 is 0 Å². The van der Waals surface area contributed by atoms with E-state index in [1.54, 1.807) is 0 Å². The monoisotopic (exact) mass is 326 g/mol. The third-order valence-corrected chi connectivity index (χ3v) is 4.67. The average Bonchev–Trinajstić information content (AvgIpc) is 2.45. The molecule has 0 heterocycles. The van der Waals surface area contributed by atoms with Crippen LogP contribution in [0.3, 0.4) is 0 Å². The fourth-order valence-corrected chi connectivity index (χ4v) is 3.03. The van der Waals surface area contributed by atoms with E-state index in [4.69, 9.17) is 0 Å². The molecule has 0 saturated heterocycles. The molecule has 0 spiro atoms. The Morgan fingerprint density at radius 1 is 1.14 bits per heavy atom. The van der Waals surface area contributed by atoms with Crippen LogP contribution >= 0.6 is 0 Å². The molecular weight excluding hydrogens is 300 g/mol. The topological polar surface area (TPSA) is 66.5 Å². The van der Waals surface area contributed by atoms with Crippen LogP contribution in [0.5, 0.6) is 0 Å². The van der Waals surface area contributed by atoms with Crippen LogP contribution in [0.1, 0.15) is 31.7 Å². The Morgan fingerprint density at radius 2 is 1.82 bits per heavy atom. The van der Waals surface area contributed by atoms with Gasteiger partial charge in [-0.1, -0.05) is 50.1 Å². The number of unbranched alkanes of at least 4 members (excludes halogenated alkanes) is 2. The van der Waals surface area contributed by atoms with Crippen molar-refractivity contribution in [2.75, 3.05) is 25.9 Å². The molecule has 0 atom stereocenters. The first-order valence-electron chi connectivity index (χ1n) is 7.69. The van der Waals surface area contributed by atoms with E-state index in [0.29, 0.717) is 26.1 Å². The average molecular weight is 326 g/mol. The molecule has 0 aromatic heterocycles. The maximum Gasteiger partial charge on any atom is 0.224 e. The lowest BCUT2D eigenvalue weighted by Gasteiger charge is -2.20. The van der Waals surface area contributed by atoms with Gasteiger partial charge in [-0.15, -0.1) is 0 Å². The Labute approximate surface area is 133 Å². The molecule has 0 radical (unpaired) electrons. The summed E-state index contributed by atoms with van der Waals surface area (Å²) in [4.78, 5) is 11.8. The van der Waals surface area contributed by atoms with Gasteiger partial charge in [-0.25, -0.2) is 12.7 Å². The number of hydrogen-bond acceptors (Lipinski definition) is 3. The lowest BCUT2D eigenvalue weighted by atomic mass is 10.1. The number of amides is 1. The second-order valence-electron chi connectivity index (χ2n) is 5.38. The van der Waals surface area contributed by atoms with Crippen LogP contribution in [0.25, 0.3) is 0 Å². The van der Waals surface area contributed by atoms with Crippen molar-refractivity contribution in [1.29, 1.82) is 0 Å². The summed E-state index contributed by atoms with van der Waals surface area (Å²) < 4.78 is 24.8. The summed E-state index contributed by atoms with van der Waals surface area (Å²) in [5.41, 5.74) is 0.947. The van der Waals surface area contributed by atoms with E-state index in [1.807, 2.05) is 30.3 Å². The lowest BCUT2D eigenvalue weighted by Crippen LogP contribution is -2.39. The van der Waals surface area contributed by atoms with Crippen molar-refractivity contribution < 1.29 is 13.2 Å². The minimum Gasteiger partial charge on any atom is -0.354 e. The smallest absolute Gasteiger partial charge is 0.224 e. The number of nitrogens with one attached hydrogen (secondary N) is 1. The highest BCUT2D eigenvalue weighted by atomic mass is 32.2. The number of benzene rings is 1. The van der Waals surface area contributed by atoms with Crippen molar-refractivity contribution in [3.8, 4) is 0 Å². The normalized spacial score (nSPS) is 11.6. The van der Waals surface area contributed by atoms with E-state index in [2.05, 4.69) is 12.2 Å². The number of sulfonamides is 1. The Hall–Kier alpha value is -1.40. The molecule has 22 heavy (non-hydrogen) atoms. The molecular formula is C16H26N2O3S. The molecule has 1 aromatic rings. The first-order chi connectivity index (χ1) is 10.4. The van der Waals surface area contributed by atoms with Gasteiger partial charge in [0, 0.05) is 19.6 Å². The summed E-state index contributed by atoms with van der Waals surface area (Å²) in [6.07, 6.45) is 4.43. The summed E-state index contributed by atoms with van der Waals surface area (Å²) in [7, 11) is -3.22. The minimum atomic E-state index is -3.22. The molecule has 0 aliphatic rings. The SMILES string of the molecule is CCCCCN(CCNC(=O)Cc1ccccc1)S(C)(=O)=O. The zero-order valence-electron chi connectivity index (χ0n) is 13.4. The zero-order valence-corrected chi connectivity index (χ0v) is 14.2. The standard InChI is InChI=1S/C16H26N2O3S/c1-3-4-8-12-18(22(2,20)21)13-11-17-16(19)14-15-9-6-5-7-10-15/h5-7,9-10H,3-4,8,11-14H2,1-2H3,(H,17,19). The highest BCUT2D eigenvalue weighted by Gasteiger charge is 2.15. The third-order valence-electron chi connectivity index (χ3n) is 3.37. The molecule has 124 valence electrons. The fraction of sp³-hybridized carbons (Fsp3) is 0.562. The Morgan fingerprint density at radius 3 is 2.41 bits per heavy atom. The molecule has 1 N–H and O–H groups in total. The highest BCUT2D eigenvalue weighted by molar-refractivity contribution is 7.88. The van der Waals surface area contributed by atoms with E-state index in [-0.39, 0.29) is 5.91 Å². The Kier molecular flexibility index (Phi) is 8.12. The van der Waals surface area contributed by atoms with Crippen LogP contribution in [0.4, 0.5) is 0 Å². The second-order valence-corrected chi connectivity index (χ2v) is 7.36. The molecule has 5 nitrogen and oxygen atoms in total. The van der Waals surface area contributed by atoms with E-state index in [0.717, 1.165) is 24.8 Å². The van der Waals surface area contributed by atoms with Gasteiger partial charge in [0.2, 0.25) is 15.9 Å². The number of nitrogens with zero attached hydrogens (tertiary/aromatic N) is 1. The summed E-state index contributed by atoms with van der Waals surface area (Å²) in [6, 6.07) is 9.48. The predicted molar refractivity (Wildman–Crippen MR) is 89.1 cm³/mol. The fourth-order valence-electron chi connectivity index (χ4n) is 2.15. The molecule has 1 aromatic carbocycles. The van der Waals surface area contributed by atoms with Crippen molar-refractivity contribution in [2.24, 2.45) is 0 Å². The predicted octanol–water partition coefficient (Wildman–Crippen LogP) is 1.80. The van der Waals surface area contributed by atoms with Crippen molar-refractivity contribution in [3.63, 3.8) is 0 Å². The Balaban J connectivity index is 2.37. The van der Waals surface area contributed by atoms with Crippen LogP contribution in [0.15, 0.2) is 30.3 Å². The van der Waals surface area contributed by atoms with Crippen LogP contribution in [0.2, 0.25) is 0 Å². The van der Waals surface area contributed by atoms with Crippen molar-refractivity contribution >= 4 is 15.9 Å². The van der Waals surface area contributed by atoms with Gasteiger partial charge in [-0.3, -0.25) is 4.79 Å². The van der Waals surface area contributed by atoms with E-state index in [1.165, 1.54) is 10.6 Å². The summed E-state index contributed by atoms with van der Waals surface area (Å²) in [5.74, 6) is -0.0896. The molecule has 0 unspecified atom stereocenters. The van der Waals surface area contributed by atoms with Gasteiger partial charge in [0.25, 0.3) is 0 Å². The largest absolute Gasteiger partial charge is 0.354 e. The quantitative estimate of drug-likeness (QED) is 0.667. The zero-order chi connectivity index (χ0) is 16.4. The molecule has 0 saturated carbocycles. The van der Waals surface area contributed by atoms with Gasteiger partial charge in [-0.05, 0) is 12.0 Å². The van der Waals surface area contributed by atoms with Crippen LogP contribution in [0, 0.1) is 0 Å². The molecule has 0 fully saturated rings. The number of carbonyl (C=O) groups excluding carboxylic acids is 1. The molecule has 1 rings (SSSR count). The van der Waals surface area contributed by atoms with Crippen LogP contribution in [-0.4, -0.2) is 44.5 Å². The van der Waals surface area contributed by atoms with E-state index in [9.17, 15) is 13.2 Å². The van der Waals surface area contributed by atoms with Crippen molar-refractivity contribution in [2.45, 2.75) is 32.6 Å². The lowest BCUT2D eigenvalue weighted by molar-refractivity contribution is -0.120. The van der Waals surface area contributed by atoms with Crippen molar-refractivity contribution in [3.05, 3.63) is 35.9 Å². The molecule has 6 heteroatoms. The van der Waals surface area contributed by atoms with Gasteiger partial charge >= 0.3 is 0 Å².